The lowest BCUT2D eigenvalue weighted by atomic mass is 10.0. The lowest BCUT2D eigenvalue weighted by Crippen LogP contribution is -2.57. The van der Waals surface area contributed by atoms with Crippen molar-refractivity contribution in [2.24, 2.45) is 5.10 Å². The lowest BCUT2D eigenvalue weighted by molar-refractivity contribution is 0.121. The van der Waals surface area contributed by atoms with Gasteiger partial charge in [0.05, 0.1) is 18.4 Å². The number of amides is 2. The highest BCUT2D eigenvalue weighted by molar-refractivity contribution is 5.79. The molecule has 2 atom stereocenters. The Kier molecular flexibility index (Phi) is 4.70. The number of piperazine rings is 1. The first-order valence-electron chi connectivity index (χ1n) is 9.03. The van der Waals surface area contributed by atoms with Crippen molar-refractivity contribution in [3.05, 3.63) is 54.1 Å². The van der Waals surface area contributed by atoms with Crippen LogP contribution in [-0.2, 0) is 0 Å². The molecule has 2 aliphatic rings. The van der Waals surface area contributed by atoms with Crippen LogP contribution < -0.4 is 4.90 Å². The quantitative estimate of drug-likeness (QED) is 0.818. The normalized spacial score (nSPS) is 22.4. The maximum atomic E-state index is 13.1. The fraction of sp³-hybridized carbons (Fsp3) is 0.368. The molecular weight excluding hydrogens is 347 g/mol. The van der Waals surface area contributed by atoms with Gasteiger partial charge in [0.2, 0.25) is 5.95 Å². The van der Waals surface area contributed by atoms with Gasteiger partial charge in [0.15, 0.2) is 5.82 Å². The van der Waals surface area contributed by atoms with Crippen LogP contribution in [0.1, 0.15) is 24.9 Å². The molecule has 1 saturated heterocycles. The summed E-state index contributed by atoms with van der Waals surface area (Å²) in [6.07, 6.45) is 4.83. The van der Waals surface area contributed by atoms with E-state index < -0.39 is 5.82 Å². The molecule has 8 heteroatoms. The van der Waals surface area contributed by atoms with Gasteiger partial charge in [-0.3, -0.25) is 0 Å². The average molecular weight is 368 g/mol. The average Bonchev–Trinajstić information content (AvgIpc) is 3.18. The minimum Gasteiger partial charge on any atom is -0.337 e. The Morgan fingerprint density at radius 3 is 2.59 bits per heavy atom. The number of halogens is 1. The van der Waals surface area contributed by atoms with Gasteiger partial charge in [-0.05, 0) is 12.5 Å². The van der Waals surface area contributed by atoms with E-state index in [0.717, 1.165) is 18.0 Å². The first kappa shape index (κ1) is 17.4. The zero-order valence-electron chi connectivity index (χ0n) is 15.1. The molecular formula is C19H21FN6O. The van der Waals surface area contributed by atoms with Crippen LogP contribution in [0.4, 0.5) is 15.1 Å². The van der Waals surface area contributed by atoms with Crippen molar-refractivity contribution in [1.82, 2.24) is 19.9 Å². The molecule has 0 spiro atoms. The van der Waals surface area contributed by atoms with E-state index in [1.165, 1.54) is 0 Å². The zero-order chi connectivity index (χ0) is 18.8. The van der Waals surface area contributed by atoms with Gasteiger partial charge in [-0.1, -0.05) is 30.3 Å². The number of hydrogen-bond donors (Lipinski definition) is 0. The Labute approximate surface area is 157 Å². The van der Waals surface area contributed by atoms with Crippen molar-refractivity contribution in [2.75, 3.05) is 24.5 Å². The second-order valence-electron chi connectivity index (χ2n) is 6.78. The zero-order valence-corrected chi connectivity index (χ0v) is 15.1. The van der Waals surface area contributed by atoms with Gasteiger partial charge in [-0.25, -0.2) is 24.2 Å². The molecule has 27 heavy (non-hydrogen) atoms. The predicted octanol–water partition coefficient (Wildman–Crippen LogP) is 2.68. The fourth-order valence-corrected chi connectivity index (χ4v) is 3.57. The summed E-state index contributed by atoms with van der Waals surface area (Å²) in [5.74, 6) is 0.0242. The third kappa shape index (κ3) is 3.47. The summed E-state index contributed by atoms with van der Waals surface area (Å²) in [5, 5.41) is 5.91. The summed E-state index contributed by atoms with van der Waals surface area (Å²) in [4.78, 5) is 25.0. The number of carbonyl (C=O) groups excluding carboxylic acids is 1. The minimum absolute atomic E-state index is 0.0351. The molecule has 0 N–H and O–H groups in total. The highest BCUT2D eigenvalue weighted by Crippen LogP contribution is 2.30. The summed E-state index contributed by atoms with van der Waals surface area (Å²) < 4.78 is 13.0. The molecule has 0 bridgehead atoms. The summed E-state index contributed by atoms with van der Waals surface area (Å²) in [6, 6.07) is 9.76. The summed E-state index contributed by atoms with van der Waals surface area (Å²) >= 11 is 0. The van der Waals surface area contributed by atoms with E-state index >= 15 is 0 Å². The van der Waals surface area contributed by atoms with Crippen molar-refractivity contribution < 1.29 is 9.18 Å². The van der Waals surface area contributed by atoms with E-state index in [2.05, 4.69) is 15.1 Å². The Bertz CT molecular complexity index is 828. The van der Waals surface area contributed by atoms with Crippen molar-refractivity contribution in [1.29, 1.82) is 0 Å². The maximum Gasteiger partial charge on any atom is 0.341 e. The van der Waals surface area contributed by atoms with Gasteiger partial charge in [0.25, 0.3) is 0 Å². The van der Waals surface area contributed by atoms with E-state index in [9.17, 15) is 9.18 Å². The van der Waals surface area contributed by atoms with Crippen molar-refractivity contribution in [2.45, 2.75) is 25.4 Å². The lowest BCUT2D eigenvalue weighted by Gasteiger charge is -2.41. The Hall–Kier alpha value is -3.03. The fourth-order valence-electron chi connectivity index (χ4n) is 3.57. The second kappa shape index (κ2) is 7.30. The number of nitrogens with zero attached hydrogens (tertiary/aromatic N) is 6. The molecule has 0 radical (unpaired) electrons. The number of rotatable bonds is 2. The monoisotopic (exact) mass is 368 g/mol. The molecule has 1 fully saturated rings. The largest absolute Gasteiger partial charge is 0.341 e. The molecule has 2 aliphatic heterocycles. The van der Waals surface area contributed by atoms with Crippen LogP contribution in [0.3, 0.4) is 0 Å². The van der Waals surface area contributed by atoms with Gasteiger partial charge < -0.3 is 9.80 Å². The molecule has 7 nitrogen and oxygen atoms in total. The van der Waals surface area contributed by atoms with Crippen LogP contribution in [-0.4, -0.2) is 57.8 Å². The SMILES string of the molecule is C[C@H]1CN(c2ncc(F)cn2)CCN1C(=O)N1N=CC[C@H]1c1ccccc1. The Balaban J connectivity index is 1.45. The molecule has 1 aromatic heterocycles. The highest BCUT2D eigenvalue weighted by Gasteiger charge is 2.36. The number of benzene rings is 1. The van der Waals surface area contributed by atoms with Crippen LogP contribution in [0, 0.1) is 5.82 Å². The number of anilines is 1. The standard InChI is InChI=1S/C19H21FN6O/c1-14-13-24(18-21-11-16(20)12-22-18)9-10-25(14)19(27)26-17(7-8-23-26)15-5-3-2-4-6-15/h2-6,8,11-12,14,17H,7,9-10,13H2,1H3/t14-,17-/m0/s1. The van der Waals surface area contributed by atoms with Gasteiger partial charge in [0, 0.05) is 38.3 Å². The minimum atomic E-state index is -0.459. The number of hydrazone groups is 1. The second-order valence-corrected chi connectivity index (χ2v) is 6.78. The third-order valence-corrected chi connectivity index (χ3v) is 4.97. The molecule has 2 amide bonds. The first-order valence-corrected chi connectivity index (χ1v) is 9.03. The van der Waals surface area contributed by atoms with Crippen LogP contribution in [0.5, 0.6) is 0 Å². The van der Waals surface area contributed by atoms with Crippen molar-refractivity contribution in [3.63, 3.8) is 0 Å². The van der Waals surface area contributed by atoms with Gasteiger partial charge in [0.1, 0.15) is 0 Å². The molecule has 0 aliphatic carbocycles. The molecule has 140 valence electrons. The van der Waals surface area contributed by atoms with E-state index in [1.807, 2.05) is 47.1 Å². The third-order valence-electron chi connectivity index (χ3n) is 4.97. The summed E-state index contributed by atoms with van der Waals surface area (Å²) in [7, 11) is 0. The van der Waals surface area contributed by atoms with E-state index in [4.69, 9.17) is 0 Å². The van der Waals surface area contributed by atoms with Crippen LogP contribution in [0.15, 0.2) is 47.8 Å². The molecule has 4 rings (SSSR count). The van der Waals surface area contributed by atoms with E-state index in [-0.39, 0.29) is 18.1 Å². The predicted molar refractivity (Wildman–Crippen MR) is 99.9 cm³/mol. The maximum absolute atomic E-state index is 13.1. The number of urea groups is 1. The molecule has 0 unspecified atom stereocenters. The summed E-state index contributed by atoms with van der Waals surface area (Å²) in [6.45, 7) is 3.71. The molecule has 1 aromatic carbocycles. The van der Waals surface area contributed by atoms with Crippen LogP contribution in [0.25, 0.3) is 0 Å². The topological polar surface area (TPSA) is 64.9 Å². The highest BCUT2D eigenvalue weighted by atomic mass is 19.1. The smallest absolute Gasteiger partial charge is 0.337 e. The van der Waals surface area contributed by atoms with Crippen molar-refractivity contribution in [3.8, 4) is 0 Å². The molecule has 2 aromatic rings. The summed E-state index contributed by atoms with van der Waals surface area (Å²) in [5.41, 5.74) is 1.08. The van der Waals surface area contributed by atoms with Gasteiger partial charge in [-0.15, -0.1) is 0 Å². The van der Waals surface area contributed by atoms with Crippen LogP contribution >= 0.6 is 0 Å². The molecule has 0 saturated carbocycles. The number of carbonyl (C=O) groups is 1. The Morgan fingerprint density at radius 2 is 1.89 bits per heavy atom. The van der Waals surface area contributed by atoms with Gasteiger partial charge >= 0.3 is 6.03 Å². The Morgan fingerprint density at radius 1 is 1.15 bits per heavy atom. The number of hydrogen-bond acceptors (Lipinski definition) is 5. The first-order chi connectivity index (χ1) is 13.1. The van der Waals surface area contributed by atoms with E-state index in [0.29, 0.717) is 32.0 Å². The van der Waals surface area contributed by atoms with Crippen LogP contribution in [0.2, 0.25) is 0 Å². The van der Waals surface area contributed by atoms with E-state index in [1.54, 1.807) is 11.2 Å². The molecule has 3 heterocycles. The number of aromatic nitrogens is 2. The van der Waals surface area contributed by atoms with Gasteiger partial charge in [-0.2, -0.15) is 5.10 Å². The van der Waals surface area contributed by atoms with Crippen molar-refractivity contribution >= 4 is 18.2 Å².